The Balaban J connectivity index is 2.17. The second-order valence-corrected chi connectivity index (χ2v) is 5.10. The zero-order valence-electron chi connectivity index (χ0n) is 9.45. The number of nitrogens with zero attached hydrogens (tertiary/aromatic N) is 1. The molecule has 16 heavy (non-hydrogen) atoms. The topological polar surface area (TPSA) is 38.5 Å². The summed E-state index contributed by atoms with van der Waals surface area (Å²) in [4.78, 5) is 2.37. The van der Waals surface area contributed by atoms with Crippen LogP contribution in [0, 0.1) is 5.92 Å². The minimum Gasteiger partial charge on any atom is -0.497 e. The minimum absolute atomic E-state index is 0.630. The molecule has 1 unspecified atom stereocenters. The van der Waals surface area contributed by atoms with Crippen molar-refractivity contribution in [2.24, 2.45) is 11.7 Å². The zero-order chi connectivity index (χ0) is 11.5. The summed E-state index contributed by atoms with van der Waals surface area (Å²) in [5.74, 6) is 1.52. The molecule has 1 aliphatic heterocycles. The fourth-order valence-electron chi connectivity index (χ4n) is 2.11. The number of hydrogen-bond donors (Lipinski definition) is 1. The Kier molecular flexibility index (Phi) is 3.71. The summed E-state index contributed by atoms with van der Waals surface area (Å²) in [6, 6.07) is 6.17. The van der Waals surface area contributed by atoms with Gasteiger partial charge in [-0.05, 0) is 31.0 Å². The van der Waals surface area contributed by atoms with Crippen LogP contribution in [0.3, 0.4) is 0 Å². The van der Waals surface area contributed by atoms with E-state index in [1.807, 2.05) is 6.07 Å². The summed E-state index contributed by atoms with van der Waals surface area (Å²) in [6.07, 6.45) is 1.19. The molecule has 3 nitrogen and oxygen atoms in total. The van der Waals surface area contributed by atoms with E-state index in [9.17, 15) is 0 Å². The van der Waals surface area contributed by atoms with Gasteiger partial charge in [-0.15, -0.1) is 0 Å². The number of hydrogen-bond acceptors (Lipinski definition) is 3. The molecule has 0 spiro atoms. The summed E-state index contributed by atoms with van der Waals surface area (Å²) >= 11 is 3.50. The number of benzene rings is 1. The fourth-order valence-corrected chi connectivity index (χ4v) is 2.57. The molecule has 1 heterocycles. The van der Waals surface area contributed by atoms with Gasteiger partial charge in [-0.2, -0.15) is 0 Å². The third-order valence-corrected chi connectivity index (χ3v) is 3.53. The quantitative estimate of drug-likeness (QED) is 0.925. The molecule has 0 radical (unpaired) electrons. The molecule has 1 aromatic carbocycles. The molecule has 1 aromatic rings. The van der Waals surface area contributed by atoms with Crippen LogP contribution in [0.4, 0.5) is 5.69 Å². The predicted octanol–water partition coefficient (Wildman–Crippen LogP) is 2.24. The van der Waals surface area contributed by atoms with Gasteiger partial charge in [-0.1, -0.05) is 15.9 Å². The van der Waals surface area contributed by atoms with E-state index in [0.29, 0.717) is 5.92 Å². The molecule has 2 N–H and O–H groups in total. The lowest BCUT2D eigenvalue weighted by atomic mass is 10.1. The Morgan fingerprint density at radius 1 is 1.50 bits per heavy atom. The maximum atomic E-state index is 5.70. The molecule has 0 amide bonds. The smallest absolute Gasteiger partial charge is 0.122 e. The second kappa shape index (κ2) is 5.06. The van der Waals surface area contributed by atoms with E-state index in [1.54, 1.807) is 7.11 Å². The first-order valence-corrected chi connectivity index (χ1v) is 6.32. The third kappa shape index (κ3) is 2.50. The van der Waals surface area contributed by atoms with Gasteiger partial charge in [0.25, 0.3) is 0 Å². The number of nitrogens with two attached hydrogens (primary N) is 1. The van der Waals surface area contributed by atoms with E-state index in [4.69, 9.17) is 10.5 Å². The number of methoxy groups -OCH3 is 1. The molecule has 2 rings (SSSR count). The molecule has 4 heteroatoms. The van der Waals surface area contributed by atoms with Gasteiger partial charge < -0.3 is 15.4 Å². The molecule has 88 valence electrons. The highest BCUT2D eigenvalue weighted by molar-refractivity contribution is 9.10. The van der Waals surface area contributed by atoms with Crippen molar-refractivity contribution in [1.29, 1.82) is 0 Å². The average Bonchev–Trinajstić information content (AvgIpc) is 2.76. The van der Waals surface area contributed by atoms with Gasteiger partial charge in [0.15, 0.2) is 0 Å². The normalized spacial score (nSPS) is 20.2. The number of rotatable bonds is 3. The number of halogens is 1. The zero-order valence-corrected chi connectivity index (χ0v) is 11.0. The molecular weight excluding hydrogens is 268 g/mol. The highest BCUT2D eigenvalue weighted by atomic mass is 79.9. The van der Waals surface area contributed by atoms with Crippen molar-refractivity contribution in [2.75, 3.05) is 31.6 Å². The summed E-state index contributed by atoms with van der Waals surface area (Å²) in [6.45, 7) is 2.92. The predicted molar refractivity (Wildman–Crippen MR) is 70.1 cm³/mol. The van der Waals surface area contributed by atoms with Crippen LogP contribution in [-0.2, 0) is 0 Å². The van der Waals surface area contributed by atoms with Crippen LogP contribution in [0.5, 0.6) is 5.75 Å². The van der Waals surface area contributed by atoms with Crippen LogP contribution in [0.25, 0.3) is 0 Å². The molecule has 0 saturated carbocycles. The van der Waals surface area contributed by atoms with E-state index < -0.39 is 0 Å². The number of ether oxygens (including phenoxy) is 1. The van der Waals surface area contributed by atoms with Gasteiger partial charge in [-0.3, -0.25) is 0 Å². The molecule has 1 atom stereocenters. The fraction of sp³-hybridized carbons (Fsp3) is 0.500. The van der Waals surface area contributed by atoms with E-state index >= 15 is 0 Å². The minimum atomic E-state index is 0.630. The summed E-state index contributed by atoms with van der Waals surface area (Å²) in [5.41, 5.74) is 6.91. The van der Waals surface area contributed by atoms with Crippen LogP contribution in [0.1, 0.15) is 6.42 Å². The lowest BCUT2D eigenvalue weighted by Crippen LogP contribution is -2.22. The maximum absolute atomic E-state index is 5.70. The first-order valence-electron chi connectivity index (χ1n) is 5.52. The first kappa shape index (κ1) is 11.7. The van der Waals surface area contributed by atoms with Crippen molar-refractivity contribution in [3.05, 3.63) is 22.7 Å². The Bertz CT molecular complexity index is 370. The SMILES string of the molecule is COc1cc(Br)cc(N2CCC(CN)C2)c1. The molecule has 0 aliphatic carbocycles. The van der Waals surface area contributed by atoms with Gasteiger partial charge in [0.2, 0.25) is 0 Å². The van der Waals surface area contributed by atoms with Crippen LogP contribution in [0.2, 0.25) is 0 Å². The highest BCUT2D eigenvalue weighted by Gasteiger charge is 2.21. The van der Waals surface area contributed by atoms with Gasteiger partial charge in [0, 0.05) is 29.3 Å². The Labute approximate surface area is 105 Å². The van der Waals surface area contributed by atoms with Crippen LogP contribution >= 0.6 is 15.9 Å². The average molecular weight is 285 g/mol. The molecule has 1 fully saturated rings. The monoisotopic (exact) mass is 284 g/mol. The lowest BCUT2D eigenvalue weighted by Gasteiger charge is -2.19. The highest BCUT2D eigenvalue weighted by Crippen LogP contribution is 2.30. The van der Waals surface area contributed by atoms with Crippen LogP contribution < -0.4 is 15.4 Å². The van der Waals surface area contributed by atoms with E-state index in [-0.39, 0.29) is 0 Å². The van der Waals surface area contributed by atoms with Crippen LogP contribution in [0.15, 0.2) is 22.7 Å². The van der Waals surface area contributed by atoms with Gasteiger partial charge in [0.1, 0.15) is 5.75 Å². The summed E-state index contributed by atoms with van der Waals surface area (Å²) in [7, 11) is 1.69. The molecule has 1 aliphatic rings. The van der Waals surface area contributed by atoms with Crippen molar-refractivity contribution in [3.8, 4) is 5.75 Å². The number of anilines is 1. The first-order chi connectivity index (χ1) is 7.72. The summed E-state index contributed by atoms with van der Waals surface area (Å²) in [5, 5.41) is 0. The second-order valence-electron chi connectivity index (χ2n) is 4.19. The van der Waals surface area contributed by atoms with Crippen molar-refractivity contribution < 1.29 is 4.74 Å². The molecular formula is C12H17BrN2O. The lowest BCUT2D eigenvalue weighted by molar-refractivity contribution is 0.414. The van der Waals surface area contributed by atoms with Crippen molar-refractivity contribution in [3.63, 3.8) is 0 Å². The summed E-state index contributed by atoms with van der Waals surface area (Å²) < 4.78 is 6.32. The van der Waals surface area contributed by atoms with E-state index in [2.05, 4.69) is 33.0 Å². The Hall–Kier alpha value is -0.740. The standard InChI is InChI=1S/C12H17BrN2O/c1-16-12-5-10(13)4-11(6-12)15-3-2-9(7-14)8-15/h4-6,9H,2-3,7-8,14H2,1H3. The maximum Gasteiger partial charge on any atom is 0.122 e. The van der Waals surface area contributed by atoms with Crippen LogP contribution in [-0.4, -0.2) is 26.7 Å². The van der Waals surface area contributed by atoms with Gasteiger partial charge in [-0.25, -0.2) is 0 Å². The largest absolute Gasteiger partial charge is 0.497 e. The van der Waals surface area contributed by atoms with E-state index in [1.165, 1.54) is 12.1 Å². The third-order valence-electron chi connectivity index (χ3n) is 3.08. The molecule has 0 aromatic heterocycles. The molecule has 1 saturated heterocycles. The molecule has 0 bridgehead atoms. The van der Waals surface area contributed by atoms with Gasteiger partial charge >= 0.3 is 0 Å². The van der Waals surface area contributed by atoms with Crippen molar-refractivity contribution >= 4 is 21.6 Å². The van der Waals surface area contributed by atoms with Crippen molar-refractivity contribution in [2.45, 2.75) is 6.42 Å². The Morgan fingerprint density at radius 2 is 2.31 bits per heavy atom. The van der Waals surface area contributed by atoms with Gasteiger partial charge in [0.05, 0.1) is 7.11 Å². The Morgan fingerprint density at radius 3 is 2.94 bits per heavy atom. The van der Waals surface area contributed by atoms with E-state index in [0.717, 1.165) is 29.9 Å². The van der Waals surface area contributed by atoms with Crippen molar-refractivity contribution in [1.82, 2.24) is 0 Å².